The van der Waals surface area contributed by atoms with Crippen molar-refractivity contribution >= 4 is 61.0 Å². The molecule has 2 amide bonds. The number of furan rings is 1. The van der Waals surface area contributed by atoms with Gasteiger partial charge in [0.1, 0.15) is 28.8 Å². The minimum atomic E-state index is -3.88. The maximum atomic E-state index is 14.9. The molecule has 1 N–H and O–H groups in total. The Morgan fingerprint density at radius 1 is 1.11 bits per heavy atom. The molecule has 5 atom stereocenters. The molecule has 2 saturated carbocycles. The summed E-state index contributed by atoms with van der Waals surface area (Å²) < 4.78 is 61.3. The number of aromatic nitrogens is 3. The number of nitrogens with zero attached hydrogens (tertiary/aromatic N) is 4. The fourth-order valence-corrected chi connectivity index (χ4v) is 10.5. The number of carbonyl (C=O) groups is 3. The van der Waals surface area contributed by atoms with E-state index < -0.39 is 67.6 Å². The molecule has 2 aliphatic carbocycles. The van der Waals surface area contributed by atoms with E-state index in [1.165, 1.54) is 29.5 Å². The summed E-state index contributed by atoms with van der Waals surface area (Å²) in [5.41, 5.74) is 0.470. The van der Waals surface area contributed by atoms with Gasteiger partial charge in [-0.15, -0.1) is 17.9 Å². The molecule has 3 aliphatic rings. The number of amides is 2. The SMILES string of the molecule is C=C[C@@H]1C[C@]1(CC(=O)[C@@H]1C[C@@H](Oc2nc(-c3ccc(OC(C)C)cc3)nc3c2oc2ccc(F)cc23)CN1C(=O)[C@@H](Cc1nc(C)cs1)C(C)(C)C)C(=O)NS(=O)(=O)C1CC1. The van der Waals surface area contributed by atoms with Gasteiger partial charge in [-0.05, 0) is 93.8 Å². The Morgan fingerprint density at radius 3 is 2.48 bits per heavy atom. The van der Waals surface area contributed by atoms with Gasteiger partial charge in [-0.2, -0.15) is 4.98 Å². The second-order valence-electron chi connectivity index (χ2n) is 18.0. The van der Waals surface area contributed by atoms with Crippen molar-refractivity contribution in [2.24, 2.45) is 22.7 Å². The Hall–Kier alpha value is -5.22. The van der Waals surface area contributed by atoms with Gasteiger partial charge in [-0.3, -0.25) is 19.1 Å². The first-order valence-corrected chi connectivity index (χ1v) is 23.0. The van der Waals surface area contributed by atoms with Crippen LogP contribution in [0.3, 0.4) is 0 Å². The highest BCUT2D eigenvalue weighted by atomic mass is 32.2. The number of sulfonamides is 1. The number of fused-ring (bicyclic) bond motifs is 3. The van der Waals surface area contributed by atoms with Crippen molar-refractivity contribution in [1.29, 1.82) is 0 Å². The van der Waals surface area contributed by atoms with Gasteiger partial charge in [-0.25, -0.2) is 22.8 Å². The van der Waals surface area contributed by atoms with Crippen LogP contribution in [0.5, 0.6) is 11.6 Å². The van der Waals surface area contributed by atoms with Crippen molar-refractivity contribution in [2.45, 2.75) is 104 Å². The predicted octanol–water partition coefficient (Wildman–Crippen LogP) is 7.75. The quantitative estimate of drug-likeness (QED) is 0.102. The second kappa shape index (κ2) is 15.9. The number of allylic oxidation sites excluding steroid dienone is 1. The topological polar surface area (TPSA) is 171 Å². The van der Waals surface area contributed by atoms with E-state index >= 15 is 0 Å². The largest absolute Gasteiger partial charge is 0.491 e. The number of halogens is 1. The van der Waals surface area contributed by atoms with Gasteiger partial charge in [0.15, 0.2) is 11.6 Å². The molecule has 1 saturated heterocycles. The van der Waals surface area contributed by atoms with Crippen LogP contribution in [0.25, 0.3) is 33.5 Å². The number of hydrogen-bond donors (Lipinski definition) is 1. The normalized spacial score (nSPS) is 22.1. The van der Waals surface area contributed by atoms with Gasteiger partial charge in [-0.1, -0.05) is 26.8 Å². The second-order valence-corrected chi connectivity index (χ2v) is 20.9. The molecule has 322 valence electrons. The highest BCUT2D eigenvalue weighted by Gasteiger charge is 2.61. The number of aryl methyl sites for hydroxylation is 1. The van der Waals surface area contributed by atoms with E-state index in [1.54, 1.807) is 23.1 Å². The molecule has 3 aromatic heterocycles. The number of Topliss-reactive ketones (excluding diaryl/α,β-unsaturated/α-hetero) is 1. The number of likely N-dealkylation sites (tertiary alicyclic amines) is 1. The van der Waals surface area contributed by atoms with Gasteiger partial charge in [0, 0.05) is 47.2 Å². The molecule has 4 heterocycles. The average molecular weight is 872 g/mol. The standard InChI is InChI=1S/C45H50FN5O8S2/c1-8-27-20-45(27,43(54)50-61(55,56)31-14-15-31)21-35(52)34-18-30(22-51(34)42(53)33(44(5,6)7)19-37-47-25(4)23-60-37)58-41-39-38(32-17-28(46)11-16-36(32)59-39)48-40(49-41)26-9-12-29(13-10-26)57-24(2)3/h8-13,16-17,23-24,27,30-31,33-34H,1,14-15,18-22H2,2-7H3,(H,50,54)/t27-,30-,33-,34+,45-/m1/s1. The van der Waals surface area contributed by atoms with Crippen LogP contribution < -0.4 is 14.2 Å². The number of thiazole rings is 1. The van der Waals surface area contributed by atoms with E-state index in [0.717, 1.165) is 10.7 Å². The van der Waals surface area contributed by atoms with Crippen molar-refractivity contribution in [2.75, 3.05) is 6.54 Å². The Labute approximate surface area is 358 Å². The minimum Gasteiger partial charge on any atom is -0.491 e. The summed E-state index contributed by atoms with van der Waals surface area (Å²) in [6.45, 7) is 15.5. The Morgan fingerprint density at radius 2 is 1.85 bits per heavy atom. The summed E-state index contributed by atoms with van der Waals surface area (Å²) in [5.74, 6) is -1.90. The van der Waals surface area contributed by atoms with Crippen LogP contribution in [-0.4, -0.2) is 75.9 Å². The number of rotatable bonds is 15. The monoisotopic (exact) mass is 871 g/mol. The summed E-state index contributed by atoms with van der Waals surface area (Å²) in [6, 6.07) is 10.3. The van der Waals surface area contributed by atoms with Crippen LogP contribution in [0, 0.1) is 35.4 Å². The third-order valence-electron chi connectivity index (χ3n) is 11.9. The first-order valence-electron chi connectivity index (χ1n) is 20.6. The first-order chi connectivity index (χ1) is 28.8. The molecular weight excluding hydrogens is 822 g/mol. The summed E-state index contributed by atoms with van der Waals surface area (Å²) >= 11 is 1.47. The Kier molecular flexibility index (Phi) is 11.1. The number of hydrogen-bond acceptors (Lipinski definition) is 12. The molecular formula is C45H50FN5O8S2. The average Bonchev–Trinajstić information content (AvgIpc) is 4.05. The number of nitrogens with one attached hydrogen (secondary N) is 1. The molecule has 0 unspecified atom stereocenters. The number of ketones is 1. The molecule has 0 radical (unpaired) electrons. The number of benzene rings is 2. The van der Waals surface area contributed by atoms with Crippen molar-refractivity contribution in [3.63, 3.8) is 0 Å². The van der Waals surface area contributed by atoms with E-state index in [-0.39, 0.29) is 55.1 Å². The van der Waals surface area contributed by atoms with E-state index in [1.807, 2.05) is 59.1 Å². The number of carbonyl (C=O) groups excluding carboxylic acids is 3. The maximum absolute atomic E-state index is 14.9. The summed E-state index contributed by atoms with van der Waals surface area (Å²) in [7, 11) is -3.88. The van der Waals surface area contributed by atoms with Crippen molar-refractivity contribution < 1.29 is 41.1 Å². The zero-order valence-electron chi connectivity index (χ0n) is 35.1. The van der Waals surface area contributed by atoms with E-state index in [0.29, 0.717) is 47.1 Å². The van der Waals surface area contributed by atoms with Gasteiger partial charge in [0.05, 0.1) is 34.4 Å². The third kappa shape index (κ3) is 8.66. The fourth-order valence-electron chi connectivity index (χ4n) is 8.29. The van der Waals surface area contributed by atoms with Crippen LogP contribution in [0.15, 0.2) is 64.9 Å². The Balaban J connectivity index is 1.15. The van der Waals surface area contributed by atoms with E-state index in [2.05, 4.69) is 16.3 Å². The molecule has 1 aliphatic heterocycles. The summed E-state index contributed by atoms with van der Waals surface area (Å²) in [5, 5.41) is 2.52. The van der Waals surface area contributed by atoms with Crippen LogP contribution in [0.1, 0.15) is 77.4 Å². The Bertz CT molecular complexity index is 2650. The molecule has 8 rings (SSSR count). The minimum absolute atomic E-state index is 0.00418. The van der Waals surface area contributed by atoms with E-state index in [9.17, 15) is 27.2 Å². The lowest BCUT2D eigenvalue weighted by atomic mass is 9.77. The molecule has 3 fully saturated rings. The van der Waals surface area contributed by atoms with Gasteiger partial charge in [0.2, 0.25) is 27.4 Å². The first kappa shape index (κ1) is 42.5. The zero-order valence-corrected chi connectivity index (χ0v) is 36.7. The lowest BCUT2D eigenvalue weighted by Crippen LogP contribution is -2.48. The molecule has 0 bridgehead atoms. The van der Waals surface area contributed by atoms with Crippen molar-refractivity contribution in [1.82, 2.24) is 24.6 Å². The van der Waals surface area contributed by atoms with Crippen LogP contribution in [0.2, 0.25) is 0 Å². The van der Waals surface area contributed by atoms with Crippen LogP contribution in [0.4, 0.5) is 4.39 Å². The summed E-state index contributed by atoms with van der Waals surface area (Å²) in [4.78, 5) is 59.2. The lowest BCUT2D eigenvalue weighted by molar-refractivity contribution is -0.144. The van der Waals surface area contributed by atoms with Gasteiger partial charge < -0.3 is 18.8 Å². The third-order valence-corrected chi connectivity index (χ3v) is 14.7. The van der Waals surface area contributed by atoms with Crippen LogP contribution >= 0.6 is 11.3 Å². The molecule has 0 spiro atoms. The lowest BCUT2D eigenvalue weighted by Gasteiger charge is -2.35. The summed E-state index contributed by atoms with van der Waals surface area (Å²) in [6.07, 6.45) is 2.05. The highest BCUT2D eigenvalue weighted by Crippen LogP contribution is 2.57. The molecule has 5 aromatic rings. The highest BCUT2D eigenvalue weighted by molar-refractivity contribution is 7.90. The predicted molar refractivity (Wildman–Crippen MR) is 229 cm³/mol. The smallest absolute Gasteiger partial charge is 0.262 e. The zero-order chi connectivity index (χ0) is 43.6. The van der Waals surface area contributed by atoms with Gasteiger partial charge >= 0.3 is 0 Å². The molecule has 13 nitrogen and oxygen atoms in total. The van der Waals surface area contributed by atoms with E-state index in [4.69, 9.17) is 23.9 Å². The van der Waals surface area contributed by atoms with Crippen molar-refractivity contribution in [3.8, 4) is 23.0 Å². The fraction of sp³-hybridized carbons (Fsp3) is 0.467. The number of ether oxygens (including phenoxy) is 2. The van der Waals surface area contributed by atoms with Gasteiger partial charge in [0.25, 0.3) is 5.88 Å². The molecule has 61 heavy (non-hydrogen) atoms. The van der Waals surface area contributed by atoms with Crippen LogP contribution in [-0.2, 0) is 30.8 Å². The maximum Gasteiger partial charge on any atom is 0.262 e. The van der Waals surface area contributed by atoms with Crippen molar-refractivity contribution in [3.05, 3.63) is 77.0 Å². The molecule has 2 aromatic carbocycles. The molecule has 16 heteroatoms.